The zero-order valence-corrected chi connectivity index (χ0v) is 14.5. The summed E-state index contributed by atoms with van der Waals surface area (Å²) in [6.07, 6.45) is 0.192. The van der Waals surface area contributed by atoms with Gasteiger partial charge >= 0.3 is 5.97 Å². The van der Waals surface area contributed by atoms with Crippen LogP contribution in [-0.2, 0) is 19.6 Å². The van der Waals surface area contributed by atoms with Gasteiger partial charge in [0.1, 0.15) is 0 Å². The number of esters is 1. The summed E-state index contributed by atoms with van der Waals surface area (Å²) in [7, 11) is 0.755. The number of rotatable bonds is 7. The molecule has 0 saturated heterocycles. The van der Waals surface area contributed by atoms with E-state index in [0.29, 0.717) is 0 Å². The van der Waals surface area contributed by atoms with Crippen molar-refractivity contribution in [2.24, 2.45) is 0 Å². The average molecular weight is 353 g/mol. The van der Waals surface area contributed by atoms with Crippen molar-refractivity contribution in [3.63, 3.8) is 0 Å². The Morgan fingerprint density at radius 2 is 1.75 bits per heavy atom. The number of hydrogen-bond acceptors (Lipinski definition) is 6. The largest absolute Gasteiger partial charge is 0.452 e. The number of carbonyl (C=O) groups is 2. The standard InChI is InChI=1S/C15H19N3O5S/c1-17(2)24(21,22)13-7-5-12(6-8-13)15(20)23-11-14(19)18(3)10-4-9-16/h5-8H,4,10-11H2,1-3H3. The molecule has 0 unspecified atom stereocenters. The lowest BCUT2D eigenvalue weighted by atomic mass is 10.2. The Morgan fingerprint density at radius 1 is 1.17 bits per heavy atom. The Hall–Kier alpha value is -2.44. The van der Waals surface area contributed by atoms with Gasteiger partial charge in [0.15, 0.2) is 6.61 Å². The fraction of sp³-hybridized carbons (Fsp3) is 0.400. The first-order chi connectivity index (χ1) is 11.2. The average Bonchev–Trinajstić information content (AvgIpc) is 2.56. The predicted octanol–water partition coefficient (Wildman–Crippen LogP) is 0.466. The van der Waals surface area contributed by atoms with E-state index in [1.165, 1.54) is 50.3 Å². The molecule has 0 aliphatic carbocycles. The van der Waals surface area contributed by atoms with Crippen molar-refractivity contribution in [3.05, 3.63) is 29.8 Å². The predicted molar refractivity (Wildman–Crippen MR) is 85.5 cm³/mol. The number of carbonyl (C=O) groups excluding carboxylic acids is 2. The first-order valence-corrected chi connectivity index (χ1v) is 8.44. The molecule has 0 radical (unpaired) electrons. The van der Waals surface area contributed by atoms with Crippen molar-refractivity contribution in [2.45, 2.75) is 11.3 Å². The fourth-order valence-electron chi connectivity index (χ4n) is 1.64. The van der Waals surface area contributed by atoms with Gasteiger partial charge in [0.05, 0.1) is 22.9 Å². The maximum absolute atomic E-state index is 11.9. The molecule has 0 bridgehead atoms. The van der Waals surface area contributed by atoms with Gasteiger partial charge in [0.2, 0.25) is 10.0 Å². The smallest absolute Gasteiger partial charge is 0.338 e. The van der Waals surface area contributed by atoms with Gasteiger partial charge in [-0.25, -0.2) is 17.5 Å². The highest BCUT2D eigenvalue weighted by Gasteiger charge is 2.18. The van der Waals surface area contributed by atoms with E-state index in [2.05, 4.69) is 0 Å². The van der Waals surface area contributed by atoms with Crippen LogP contribution in [0.15, 0.2) is 29.2 Å². The lowest BCUT2D eigenvalue weighted by Gasteiger charge is -2.15. The molecule has 1 rings (SSSR count). The molecule has 0 heterocycles. The van der Waals surface area contributed by atoms with E-state index in [9.17, 15) is 18.0 Å². The first kappa shape index (κ1) is 19.6. The van der Waals surface area contributed by atoms with Crippen molar-refractivity contribution in [1.29, 1.82) is 5.26 Å². The molecule has 8 nitrogen and oxygen atoms in total. The van der Waals surface area contributed by atoms with Gasteiger partial charge in [-0.1, -0.05) is 0 Å². The van der Waals surface area contributed by atoms with Crippen molar-refractivity contribution >= 4 is 21.9 Å². The molecular weight excluding hydrogens is 334 g/mol. The minimum Gasteiger partial charge on any atom is -0.452 e. The summed E-state index contributed by atoms with van der Waals surface area (Å²) < 4.78 is 29.8. The monoisotopic (exact) mass is 353 g/mol. The number of ether oxygens (including phenoxy) is 1. The third kappa shape index (κ3) is 5.04. The van der Waals surface area contributed by atoms with Crippen LogP contribution in [0.2, 0.25) is 0 Å². The lowest BCUT2D eigenvalue weighted by molar-refractivity contribution is -0.133. The van der Waals surface area contributed by atoms with Crippen LogP contribution in [0.5, 0.6) is 0 Å². The highest BCUT2D eigenvalue weighted by molar-refractivity contribution is 7.89. The second-order valence-corrected chi connectivity index (χ2v) is 7.26. The van der Waals surface area contributed by atoms with Gasteiger partial charge in [0.25, 0.3) is 5.91 Å². The van der Waals surface area contributed by atoms with Crippen LogP contribution < -0.4 is 0 Å². The zero-order valence-electron chi connectivity index (χ0n) is 13.7. The highest BCUT2D eigenvalue weighted by Crippen LogP contribution is 2.14. The van der Waals surface area contributed by atoms with Gasteiger partial charge in [-0.3, -0.25) is 4.79 Å². The van der Waals surface area contributed by atoms with Gasteiger partial charge in [-0.2, -0.15) is 5.26 Å². The van der Waals surface area contributed by atoms with Crippen LogP contribution in [0.1, 0.15) is 16.8 Å². The molecule has 0 saturated carbocycles. The highest BCUT2D eigenvalue weighted by atomic mass is 32.2. The van der Waals surface area contributed by atoms with Crippen LogP contribution in [0, 0.1) is 11.3 Å². The maximum Gasteiger partial charge on any atom is 0.338 e. The van der Waals surface area contributed by atoms with E-state index < -0.39 is 28.5 Å². The number of benzene rings is 1. The fourth-order valence-corrected chi connectivity index (χ4v) is 2.54. The number of likely N-dealkylation sites (N-methyl/N-ethyl adjacent to an activating group) is 1. The summed E-state index contributed by atoms with van der Waals surface area (Å²) in [6, 6.07) is 7.16. The van der Waals surface area contributed by atoms with E-state index in [1.807, 2.05) is 6.07 Å². The van der Waals surface area contributed by atoms with E-state index in [1.54, 1.807) is 0 Å². The molecule has 1 amide bonds. The molecule has 0 aromatic heterocycles. The second kappa shape index (κ2) is 8.42. The summed E-state index contributed by atoms with van der Waals surface area (Å²) in [4.78, 5) is 24.9. The third-order valence-corrected chi connectivity index (χ3v) is 5.01. The summed E-state index contributed by atoms with van der Waals surface area (Å²) in [5.41, 5.74) is 0.139. The number of nitriles is 1. The van der Waals surface area contributed by atoms with E-state index in [4.69, 9.17) is 10.00 Å². The molecule has 24 heavy (non-hydrogen) atoms. The molecule has 0 spiro atoms. The molecule has 1 aromatic rings. The van der Waals surface area contributed by atoms with Gasteiger partial charge < -0.3 is 9.64 Å². The molecular formula is C15H19N3O5S. The zero-order chi connectivity index (χ0) is 18.3. The number of nitrogens with zero attached hydrogens (tertiary/aromatic N) is 3. The minimum absolute atomic E-state index is 0.0522. The summed E-state index contributed by atoms with van der Waals surface area (Å²) in [6.45, 7) is -0.192. The Bertz CT molecular complexity index is 735. The van der Waals surface area contributed by atoms with E-state index in [-0.39, 0.29) is 23.4 Å². The van der Waals surface area contributed by atoms with Crippen molar-refractivity contribution in [3.8, 4) is 6.07 Å². The topological polar surface area (TPSA) is 108 Å². The molecule has 130 valence electrons. The summed E-state index contributed by atoms with van der Waals surface area (Å²) >= 11 is 0. The van der Waals surface area contributed by atoms with Gasteiger partial charge in [0, 0.05) is 27.7 Å². The van der Waals surface area contributed by atoms with Gasteiger partial charge in [-0.05, 0) is 24.3 Å². The quantitative estimate of drug-likeness (QED) is 0.659. The molecule has 9 heteroatoms. The van der Waals surface area contributed by atoms with E-state index in [0.717, 1.165) is 4.31 Å². The number of amides is 1. The Morgan fingerprint density at radius 3 is 2.25 bits per heavy atom. The first-order valence-electron chi connectivity index (χ1n) is 7.00. The minimum atomic E-state index is -3.57. The number of sulfonamides is 1. The molecule has 0 atom stereocenters. The lowest BCUT2D eigenvalue weighted by Crippen LogP contribution is -2.31. The molecule has 0 fully saturated rings. The molecule has 0 aliphatic heterocycles. The van der Waals surface area contributed by atoms with Crippen LogP contribution in [-0.4, -0.2) is 63.8 Å². The van der Waals surface area contributed by atoms with Crippen LogP contribution in [0.25, 0.3) is 0 Å². The van der Waals surface area contributed by atoms with Gasteiger partial charge in [-0.15, -0.1) is 0 Å². The Balaban J connectivity index is 2.67. The van der Waals surface area contributed by atoms with Crippen molar-refractivity contribution in [2.75, 3.05) is 34.3 Å². The third-order valence-electron chi connectivity index (χ3n) is 3.18. The van der Waals surface area contributed by atoms with Crippen LogP contribution in [0.3, 0.4) is 0 Å². The second-order valence-electron chi connectivity index (χ2n) is 5.11. The summed E-state index contributed by atoms with van der Waals surface area (Å²) in [5.74, 6) is -1.16. The van der Waals surface area contributed by atoms with Crippen LogP contribution >= 0.6 is 0 Å². The summed E-state index contributed by atoms with van der Waals surface area (Å²) in [5, 5.41) is 8.46. The normalized spacial score (nSPS) is 11.0. The molecule has 0 N–H and O–H groups in total. The molecule has 1 aromatic carbocycles. The SMILES string of the molecule is CN(CCC#N)C(=O)COC(=O)c1ccc(S(=O)(=O)N(C)C)cc1. The maximum atomic E-state index is 11.9. The van der Waals surface area contributed by atoms with E-state index >= 15 is 0 Å². The molecule has 0 aliphatic rings. The Labute approximate surface area is 141 Å². The van der Waals surface area contributed by atoms with Crippen LogP contribution in [0.4, 0.5) is 0 Å². The number of hydrogen-bond donors (Lipinski definition) is 0. The van der Waals surface area contributed by atoms with Crippen molar-refractivity contribution in [1.82, 2.24) is 9.21 Å². The van der Waals surface area contributed by atoms with Crippen molar-refractivity contribution < 1.29 is 22.7 Å². The Kier molecular flexibility index (Phi) is 6.88.